The molecule has 5 heteroatoms. The number of rotatable bonds is 5. The molecule has 0 atom stereocenters. The maximum atomic E-state index is 13.6. The van der Waals surface area contributed by atoms with Crippen LogP contribution in [0.4, 0.5) is 4.39 Å². The predicted octanol–water partition coefficient (Wildman–Crippen LogP) is 3.39. The van der Waals surface area contributed by atoms with Gasteiger partial charge >= 0.3 is 5.97 Å². The van der Waals surface area contributed by atoms with Crippen molar-refractivity contribution < 1.29 is 23.5 Å². The first-order valence-corrected chi connectivity index (χ1v) is 6.62. The molecule has 2 aromatic carbocycles. The molecule has 0 fully saturated rings. The van der Waals surface area contributed by atoms with E-state index >= 15 is 0 Å². The average molecular weight is 302 g/mol. The summed E-state index contributed by atoms with van der Waals surface area (Å²) in [4.78, 5) is 23.2. The summed E-state index contributed by atoms with van der Waals surface area (Å²) in [5.41, 5.74) is 0.874. The van der Waals surface area contributed by atoms with Crippen molar-refractivity contribution in [2.24, 2.45) is 0 Å². The summed E-state index contributed by atoms with van der Waals surface area (Å²) in [6.45, 7) is 1.37. The molecule has 0 heterocycles. The molecule has 0 aliphatic heterocycles. The molecule has 2 rings (SSSR count). The number of esters is 1. The predicted molar refractivity (Wildman–Crippen MR) is 78.5 cm³/mol. The fourth-order valence-electron chi connectivity index (χ4n) is 1.92. The normalized spacial score (nSPS) is 10.1. The Bertz CT molecular complexity index is 710. The Labute approximate surface area is 127 Å². The van der Waals surface area contributed by atoms with Crippen LogP contribution in [0.3, 0.4) is 0 Å². The number of Topliss-reactive ketones (excluding diaryl/α,β-unsaturated/α-hetero) is 1. The molecule has 0 saturated heterocycles. The van der Waals surface area contributed by atoms with Crippen molar-refractivity contribution in [1.82, 2.24) is 0 Å². The third kappa shape index (κ3) is 3.49. The van der Waals surface area contributed by atoms with Crippen molar-refractivity contribution in [2.45, 2.75) is 13.5 Å². The first kappa shape index (κ1) is 15.7. The number of benzene rings is 2. The highest BCUT2D eigenvalue weighted by Gasteiger charge is 2.16. The van der Waals surface area contributed by atoms with Crippen LogP contribution in [0.2, 0.25) is 0 Å². The van der Waals surface area contributed by atoms with E-state index in [2.05, 4.69) is 4.74 Å². The van der Waals surface area contributed by atoms with Gasteiger partial charge in [-0.3, -0.25) is 4.79 Å². The number of carbonyl (C=O) groups is 2. The fourth-order valence-corrected chi connectivity index (χ4v) is 1.92. The second-order valence-corrected chi connectivity index (χ2v) is 4.64. The van der Waals surface area contributed by atoms with E-state index in [0.717, 1.165) is 0 Å². The lowest BCUT2D eigenvalue weighted by atomic mass is 10.1. The lowest BCUT2D eigenvalue weighted by Crippen LogP contribution is -2.08. The Kier molecular flexibility index (Phi) is 4.88. The molecule has 0 aliphatic rings. The molecule has 4 nitrogen and oxygen atoms in total. The van der Waals surface area contributed by atoms with Crippen molar-refractivity contribution in [2.75, 3.05) is 7.11 Å². The molecule has 114 valence electrons. The molecule has 0 aromatic heterocycles. The third-order valence-corrected chi connectivity index (χ3v) is 3.13. The van der Waals surface area contributed by atoms with E-state index in [4.69, 9.17) is 4.74 Å². The van der Waals surface area contributed by atoms with Crippen LogP contribution in [0, 0.1) is 5.82 Å². The highest BCUT2D eigenvalue weighted by Crippen LogP contribution is 2.23. The van der Waals surface area contributed by atoms with Crippen LogP contribution in [0.1, 0.15) is 33.2 Å². The summed E-state index contributed by atoms with van der Waals surface area (Å²) >= 11 is 0. The Morgan fingerprint density at radius 3 is 2.50 bits per heavy atom. The number of hydrogen-bond donors (Lipinski definition) is 0. The average Bonchev–Trinajstić information content (AvgIpc) is 2.53. The molecular weight excluding hydrogens is 287 g/mol. The molecule has 0 bridgehead atoms. The molecule has 0 radical (unpaired) electrons. The van der Waals surface area contributed by atoms with Gasteiger partial charge in [0.2, 0.25) is 0 Å². The summed E-state index contributed by atoms with van der Waals surface area (Å²) in [5, 5.41) is 0. The third-order valence-electron chi connectivity index (χ3n) is 3.13. The largest absolute Gasteiger partial charge is 0.488 e. The molecule has 0 N–H and O–H groups in total. The van der Waals surface area contributed by atoms with Gasteiger partial charge in [0.25, 0.3) is 0 Å². The Hall–Kier alpha value is -2.69. The zero-order valence-electron chi connectivity index (χ0n) is 12.3. The van der Waals surface area contributed by atoms with E-state index in [-0.39, 0.29) is 29.5 Å². The number of carbonyl (C=O) groups excluding carboxylic acids is 2. The minimum atomic E-state index is -0.619. The van der Waals surface area contributed by atoms with E-state index in [9.17, 15) is 14.0 Å². The number of methoxy groups -OCH3 is 1. The summed E-state index contributed by atoms with van der Waals surface area (Å²) in [6.07, 6.45) is 0. The van der Waals surface area contributed by atoms with Crippen LogP contribution in [0.25, 0.3) is 0 Å². The Morgan fingerprint density at radius 1 is 1.14 bits per heavy atom. The van der Waals surface area contributed by atoms with E-state index in [1.54, 1.807) is 24.3 Å². The van der Waals surface area contributed by atoms with Gasteiger partial charge in [-0.15, -0.1) is 0 Å². The highest BCUT2D eigenvalue weighted by molar-refractivity contribution is 5.99. The van der Waals surface area contributed by atoms with Gasteiger partial charge in [-0.05, 0) is 31.2 Å². The van der Waals surface area contributed by atoms with E-state index in [1.165, 1.54) is 32.2 Å². The van der Waals surface area contributed by atoms with Crippen molar-refractivity contribution in [1.29, 1.82) is 0 Å². The van der Waals surface area contributed by atoms with Crippen LogP contribution < -0.4 is 4.74 Å². The van der Waals surface area contributed by atoms with Crippen LogP contribution in [-0.4, -0.2) is 18.9 Å². The quantitative estimate of drug-likeness (QED) is 0.627. The van der Waals surface area contributed by atoms with E-state index in [1.807, 2.05) is 0 Å². The SMILES string of the molecule is COC(=O)c1cc(C(C)=O)ccc1OCc1ccccc1F. The van der Waals surface area contributed by atoms with Crippen molar-refractivity contribution in [3.05, 3.63) is 65.0 Å². The van der Waals surface area contributed by atoms with Gasteiger partial charge in [-0.25, -0.2) is 9.18 Å². The van der Waals surface area contributed by atoms with Gasteiger partial charge in [-0.1, -0.05) is 18.2 Å². The number of ketones is 1. The van der Waals surface area contributed by atoms with E-state index in [0.29, 0.717) is 11.1 Å². The molecule has 0 saturated carbocycles. The molecule has 0 spiro atoms. The van der Waals surface area contributed by atoms with Gasteiger partial charge in [0.15, 0.2) is 5.78 Å². The molecular formula is C17H15FO4. The van der Waals surface area contributed by atoms with Crippen molar-refractivity contribution in [3.8, 4) is 5.75 Å². The van der Waals surface area contributed by atoms with Crippen LogP contribution in [0.15, 0.2) is 42.5 Å². The first-order valence-electron chi connectivity index (χ1n) is 6.62. The molecule has 0 amide bonds. The number of hydrogen-bond acceptors (Lipinski definition) is 4. The smallest absolute Gasteiger partial charge is 0.341 e. The molecule has 2 aromatic rings. The zero-order chi connectivity index (χ0) is 16.1. The maximum absolute atomic E-state index is 13.6. The zero-order valence-corrected chi connectivity index (χ0v) is 12.3. The fraction of sp³-hybridized carbons (Fsp3) is 0.176. The van der Waals surface area contributed by atoms with Gasteiger partial charge in [-0.2, -0.15) is 0 Å². The van der Waals surface area contributed by atoms with Gasteiger partial charge in [0.05, 0.1) is 7.11 Å². The Morgan fingerprint density at radius 2 is 1.86 bits per heavy atom. The molecule has 22 heavy (non-hydrogen) atoms. The van der Waals surface area contributed by atoms with Crippen LogP contribution >= 0.6 is 0 Å². The Balaban J connectivity index is 2.28. The van der Waals surface area contributed by atoms with Crippen molar-refractivity contribution in [3.63, 3.8) is 0 Å². The van der Waals surface area contributed by atoms with Gasteiger partial charge in [0.1, 0.15) is 23.7 Å². The highest BCUT2D eigenvalue weighted by atomic mass is 19.1. The second-order valence-electron chi connectivity index (χ2n) is 4.64. The summed E-state index contributed by atoms with van der Waals surface area (Å²) in [5.74, 6) is -0.944. The lowest BCUT2D eigenvalue weighted by Gasteiger charge is -2.11. The summed E-state index contributed by atoms with van der Waals surface area (Å²) in [7, 11) is 1.24. The number of halogens is 1. The minimum absolute atomic E-state index is 0.0317. The van der Waals surface area contributed by atoms with Crippen LogP contribution in [0.5, 0.6) is 5.75 Å². The monoisotopic (exact) mass is 302 g/mol. The van der Waals surface area contributed by atoms with Crippen LogP contribution in [-0.2, 0) is 11.3 Å². The maximum Gasteiger partial charge on any atom is 0.341 e. The molecule has 0 unspecified atom stereocenters. The molecule has 0 aliphatic carbocycles. The lowest BCUT2D eigenvalue weighted by molar-refractivity contribution is 0.0595. The number of ether oxygens (including phenoxy) is 2. The van der Waals surface area contributed by atoms with Gasteiger partial charge in [0, 0.05) is 11.1 Å². The topological polar surface area (TPSA) is 52.6 Å². The standard InChI is InChI=1S/C17H15FO4/c1-11(19)12-7-8-16(14(9-12)17(20)21-2)22-10-13-5-3-4-6-15(13)18/h3-9H,10H2,1-2H3. The summed E-state index contributed by atoms with van der Waals surface area (Å²) in [6, 6.07) is 10.7. The van der Waals surface area contributed by atoms with Crippen molar-refractivity contribution >= 4 is 11.8 Å². The second kappa shape index (κ2) is 6.85. The first-order chi connectivity index (χ1) is 10.5. The minimum Gasteiger partial charge on any atom is -0.488 e. The van der Waals surface area contributed by atoms with Gasteiger partial charge < -0.3 is 9.47 Å². The summed E-state index contributed by atoms with van der Waals surface area (Å²) < 4.78 is 23.8. The van der Waals surface area contributed by atoms with E-state index < -0.39 is 5.97 Å².